The van der Waals surface area contributed by atoms with Gasteiger partial charge in [0.15, 0.2) is 6.61 Å². The molecule has 2 aromatic rings. The van der Waals surface area contributed by atoms with Crippen molar-refractivity contribution in [2.24, 2.45) is 0 Å². The molecular formula is C19H23F2N3O. The predicted molar refractivity (Wildman–Crippen MR) is 94.4 cm³/mol. The highest BCUT2D eigenvalue weighted by Gasteiger charge is 2.41. The first-order valence-corrected chi connectivity index (χ1v) is 8.83. The quantitative estimate of drug-likeness (QED) is 0.924. The fraction of sp³-hybridized carbons (Fsp3) is 0.474. The molecule has 4 rings (SSSR count). The lowest BCUT2D eigenvalue weighted by molar-refractivity contribution is -0.0213. The number of alkyl halides is 2. The van der Waals surface area contributed by atoms with Crippen LogP contribution < -0.4 is 15.0 Å². The molecule has 2 aliphatic heterocycles. The zero-order valence-electron chi connectivity index (χ0n) is 14.6. The number of benzene rings is 1. The molecule has 2 aliphatic rings. The Hall–Kier alpha value is -2.08. The van der Waals surface area contributed by atoms with E-state index in [1.165, 1.54) is 17.4 Å². The largest absolute Gasteiger partial charge is 0.486 e. The second-order valence-corrected chi connectivity index (χ2v) is 6.72. The lowest BCUT2D eigenvalue weighted by Crippen LogP contribution is -2.43. The van der Waals surface area contributed by atoms with Crippen molar-refractivity contribution in [2.45, 2.75) is 26.2 Å². The van der Waals surface area contributed by atoms with E-state index in [0.29, 0.717) is 5.75 Å². The van der Waals surface area contributed by atoms with Crippen molar-refractivity contribution in [3.63, 3.8) is 0 Å². The lowest BCUT2D eigenvalue weighted by Gasteiger charge is -2.30. The van der Waals surface area contributed by atoms with Crippen molar-refractivity contribution in [1.82, 2.24) is 9.88 Å². The van der Waals surface area contributed by atoms with E-state index in [1.54, 1.807) is 12.1 Å². The number of hydrogen-bond donors (Lipinski definition) is 1. The molecule has 0 aliphatic carbocycles. The van der Waals surface area contributed by atoms with Crippen LogP contribution in [0.25, 0.3) is 5.69 Å². The van der Waals surface area contributed by atoms with Gasteiger partial charge in [-0.15, -0.1) is 0 Å². The smallest absolute Gasteiger partial charge is 0.310 e. The number of piperazine rings is 1. The first-order chi connectivity index (χ1) is 12.0. The fourth-order valence-corrected chi connectivity index (χ4v) is 3.87. The third kappa shape index (κ3) is 2.68. The Morgan fingerprint density at radius 2 is 1.96 bits per heavy atom. The molecule has 6 heteroatoms. The van der Waals surface area contributed by atoms with Gasteiger partial charge in [0.25, 0.3) is 0 Å². The van der Waals surface area contributed by atoms with Crippen molar-refractivity contribution in [3.05, 3.63) is 41.2 Å². The Kier molecular flexibility index (Phi) is 3.95. The molecule has 3 heterocycles. The summed E-state index contributed by atoms with van der Waals surface area (Å²) in [6.45, 7) is 7.56. The van der Waals surface area contributed by atoms with Crippen LogP contribution in [0.15, 0.2) is 24.3 Å². The van der Waals surface area contributed by atoms with Crippen LogP contribution in [0.1, 0.15) is 23.9 Å². The number of halogens is 2. The maximum atomic E-state index is 13.8. The van der Waals surface area contributed by atoms with E-state index >= 15 is 0 Å². The Bertz CT molecular complexity index is 794. The minimum atomic E-state index is -2.89. The summed E-state index contributed by atoms with van der Waals surface area (Å²) in [4.78, 5) is 2.40. The Morgan fingerprint density at radius 3 is 2.68 bits per heavy atom. The predicted octanol–water partition coefficient (Wildman–Crippen LogP) is 3.24. The summed E-state index contributed by atoms with van der Waals surface area (Å²) in [7, 11) is 0. The summed E-state index contributed by atoms with van der Waals surface area (Å²) in [6.07, 6.45) is 0.876. The molecule has 0 unspecified atom stereocenters. The molecule has 1 aromatic carbocycles. The average molecular weight is 347 g/mol. The normalized spacial score (nSPS) is 19.0. The maximum Gasteiger partial charge on any atom is 0.310 e. The second-order valence-electron chi connectivity index (χ2n) is 6.72. The molecule has 0 spiro atoms. The zero-order valence-corrected chi connectivity index (χ0v) is 14.6. The first kappa shape index (κ1) is 16.4. The van der Waals surface area contributed by atoms with Gasteiger partial charge in [0.2, 0.25) is 0 Å². The van der Waals surface area contributed by atoms with E-state index in [2.05, 4.69) is 34.7 Å². The molecule has 0 saturated carbocycles. The van der Waals surface area contributed by atoms with Crippen LogP contribution in [0.3, 0.4) is 0 Å². The highest BCUT2D eigenvalue weighted by molar-refractivity contribution is 5.60. The van der Waals surface area contributed by atoms with Crippen LogP contribution in [0, 0.1) is 6.92 Å². The summed E-state index contributed by atoms with van der Waals surface area (Å²) in [5.74, 6) is -2.60. The first-order valence-electron chi connectivity index (χ1n) is 8.83. The van der Waals surface area contributed by atoms with Gasteiger partial charge in [-0.05, 0) is 31.5 Å². The monoisotopic (exact) mass is 347 g/mol. The number of aryl methyl sites for hydroxylation is 1. The molecule has 4 nitrogen and oxygen atoms in total. The van der Waals surface area contributed by atoms with Crippen LogP contribution in [0.4, 0.5) is 14.5 Å². The summed E-state index contributed by atoms with van der Waals surface area (Å²) in [5, 5.41) is 3.37. The van der Waals surface area contributed by atoms with Crippen LogP contribution in [-0.2, 0) is 12.3 Å². The third-order valence-electron chi connectivity index (χ3n) is 5.08. The minimum Gasteiger partial charge on any atom is -0.486 e. The van der Waals surface area contributed by atoms with Gasteiger partial charge in [0.05, 0.1) is 11.3 Å². The number of anilines is 1. The van der Waals surface area contributed by atoms with E-state index in [0.717, 1.165) is 44.0 Å². The van der Waals surface area contributed by atoms with Gasteiger partial charge in [0, 0.05) is 49.3 Å². The Morgan fingerprint density at radius 1 is 1.20 bits per heavy atom. The van der Waals surface area contributed by atoms with Crippen molar-refractivity contribution >= 4 is 5.69 Å². The maximum absolute atomic E-state index is 13.8. The van der Waals surface area contributed by atoms with Gasteiger partial charge >= 0.3 is 5.92 Å². The van der Waals surface area contributed by atoms with Crippen LogP contribution >= 0.6 is 0 Å². The van der Waals surface area contributed by atoms with Crippen LogP contribution in [-0.4, -0.2) is 37.4 Å². The molecule has 134 valence electrons. The van der Waals surface area contributed by atoms with Gasteiger partial charge in [-0.1, -0.05) is 6.92 Å². The molecule has 1 N–H and O–H groups in total. The molecule has 0 amide bonds. The number of nitrogens with zero attached hydrogens (tertiary/aromatic N) is 2. The van der Waals surface area contributed by atoms with E-state index in [1.807, 2.05) is 0 Å². The molecule has 1 saturated heterocycles. The molecule has 1 fully saturated rings. The lowest BCUT2D eigenvalue weighted by atomic mass is 10.1. The Labute approximate surface area is 146 Å². The number of rotatable bonds is 3. The molecular weight excluding hydrogens is 324 g/mol. The van der Waals surface area contributed by atoms with Crippen LogP contribution in [0.5, 0.6) is 5.75 Å². The standard InChI is InChI=1S/C19H23F2N3O/c1-3-16-17(23-8-6-22-7-9-23)10-13(2)24(16)14-4-5-15-18(11-14)25-12-19(15,20)21/h4-5,10-11,22H,3,6-9,12H2,1-2H3. The SMILES string of the molecule is CCc1c(N2CCNCC2)cc(C)n1-c1ccc2c(c1)OCC2(F)F. The van der Waals surface area contributed by atoms with Gasteiger partial charge in [0.1, 0.15) is 5.75 Å². The van der Waals surface area contributed by atoms with Gasteiger partial charge in [-0.25, -0.2) is 0 Å². The number of fused-ring (bicyclic) bond motifs is 1. The minimum absolute atomic E-state index is 0.0126. The second kappa shape index (κ2) is 6.02. The highest BCUT2D eigenvalue weighted by Crippen LogP contribution is 2.42. The molecule has 1 aromatic heterocycles. The van der Waals surface area contributed by atoms with E-state index in [4.69, 9.17) is 4.74 Å². The van der Waals surface area contributed by atoms with Crippen molar-refractivity contribution in [2.75, 3.05) is 37.7 Å². The highest BCUT2D eigenvalue weighted by atomic mass is 19.3. The van der Waals surface area contributed by atoms with Gasteiger partial charge in [-0.2, -0.15) is 8.78 Å². The van der Waals surface area contributed by atoms with E-state index in [-0.39, 0.29) is 5.56 Å². The van der Waals surface area contributed by atoms with E-state index < -0.39 is 12.5 Å². The molecule has 25 heavy (non-hydrogen) atoms. The van der Waals surface area contributed by atoms with Crippen molar-refractivity contribution in [1.29, 1.82) is 0 Å². The summed E-state index contributed by atoms with van der Waals surface area (Å²) in [5.41, 5.74) is 4.43. The van der Waals surface area contributed by atoms with Crippen LogP contribution in [0.2, 0.25) is 0 Å². The number of aromatic nitrogens is 1. The molecule has 0 radical (unpaired) electrons. The Balaban J connectivity index is 1.77. The van der Waals surface area contributed by atoms with Crippen molar-refractivity contribution in [3.8, 4) is 11.4 Å². The third-order valence-corrected chi connectivity index (χ3v) is 5.08. The fourth-order valence-electron chi connectivity index (χ4n) is 3.87. The van der Waals surface area contributed by atoms with Gasteiger partial charge in [-0.3, -0.25) is 0 Å². The van der Waals surface area contributed by atoms with Gasteiger partial charge < -0.3 is 19.5 Å². The molecule has 0 atom stereocenters. The van der Waals surface area contributed by atoms with Crippen molar-refractivity contribution < 1.29 is 13.5 Å². The number of hydrogen-bond acceptors (Lipinski definition) is 3. The summed E-state index contributed by atoms with van der Waals surface area (Å²) in [6, 6.07) is 7.22. The average Bonchev–Trinajstić information content (AvgIpc) is 3.12. The summed E-state index contributed by atoms with van der Waals surface area (Å²) < 4.78 is 35.0. The summed E-state index contributed by atoms with van der Waals surface area (Å²) >= 11 is 0. The number of ether oxygens (including phenoxy) is 1. The van der Waals surface area contributed by atoms with E-state index in [9.17, 15) is 8.78 Å². The number of nitrogens with one attached hydrogen (secondary N) is 1. The zero-order chi connectivity index (χ0) is 17.6. The topological polar surface area (TPSA) is 29.4 Å². The molecule has 0 bridgehead atoms.